The number of aryl methyl sites for hydroxylation is 2. The van der Waals surface area contributed by atoms with Crippen LogP contribution < -0.4 is 0 Å². The maximum Gasteiger partial charge on any atom is 0.255 e. The first-order valence-corrected chi connectivity index (χ1v) is 8.79. The molecule has 2 aromatic rings. The summed E-state index contributed by atoms with van der Waals surface area (Å²) in [6.07, 6.45) is 6.15. The van der Waals surface area contributed by atoms with Crippen LogP contribution in [0.4, 0.5) is 0 Å². The second-order valence-electron chi connectivity index (χ2n) is 7.22. The SMILES string of the molecule is CCc1c(C(=O)N2C[C@@H]3CCC[C@]3(c3nc(C)no3)C2)ccn1C. The minimum absolute atomic E-state index is 0.137. The van der Waals surface area contributed by atoms with Gasteiger partial charge in [0.1, 0.15) is 0 Å². The lowest BCUT2D eigenvalue weighted by atomic mass is 9.80. The first-order chi connectivity index (χ1) is 11.5. The van der Waals surface area contributed by atoms with Gasteiger partial charge >= 0.3 is 0 Å². The van der Waals surface area contributed by atoms with Gasteiger partial charge in [-0.05, 0) is 38.2 Å². The van der Waals surface area contributed by atoms with Crippen LogP contribution in [0.5, 0.6) is 0 Å². The Labute approximate surface area is 141 Å². The summed E-state index contributed by atoms with van der Waals surface area (Å²) in [5.41, 5.74) is 1.79. The monoisotopic (exact) mass is 328 g/mol. The summed E-state index contributed by atoms with van der Waals surface area (Å²) in [4.78, 5) is 19.6. The van der Waals surface area contributed by atoms with Crippen molar-refractivity contribution >= 4 is 5.91 Å². The molecular weight excluding hydrogens is 304 g/mol. The molecule has 1 aliphatic carbocycles. The number of hydrogen-bond donors (Lipinski definition) is 0. The van der Waals surface area contributed by atoms with Crippen LogP contribution in [0.25, 0.3) is 0 Å². The molecule has 1 saturated heterocycles. The molecule has 128 valence electrons. The molecule has 6 nitrogen and oxygen atoms in total. The Hall–Kier alpha value is -2.11. The van der Waals surface area contributed by atoms with Gasteiger partial charge in [0.25, 0.3) is 5.91 Å². The van der Waals surface area contributed by atoms with E-state index in [0.717, 1.165) is 43.0 Å². The van der Waals surface area contributed by atoms with E-state index < -0.39 is 0 Å². The molecule has 1 aliphatic heterocycles. The number of rotatable bonds is 3. The Balaban J connectivity index is 1.64. The summed E-state index contributed by atoms with van der Waals surface area (Å²) in [6, 6.07) is 1.94. The Kier molecular flexibility index (Phi) is 3.51. The lowest BCUT2D eigenvalue weighted by molar-refractivity contribution is 0.0774. The third kappa shape index (κ3) is 2.12. The number of carbonyl (C=O) groups excluding carboxylic acids is 1. The van der Waals surface area contributed by atoms with Gasteiger partial charge in [0, 0.05) is 32.0 Å². The molecule has 0 aromatic carbocycles. The fourth-order valence-corrected chi connectivity index (χ4v) is 4.66. The van der Waals surface area contributed by atoms with Crippen LogP contribution in [0.2, 0.25) is 0 Å². The van der Waals surface area contributed by atoms with Crippen molar-refractivity contribution in [3.63, 3.8) is 0 Å². The molecule has 2 fully saturated rings. The van der Waals surface area contributed by atoms with Crippen LogP contribution in [0.15, 0.2) is 16.8 Å². The highest BCUT2D eigenvalue weighted by Crippen LogP contribution is 2.50. The maximum absolute atomic E-state index is 13.1. The number of aromatic nitrogens is 3. The summed E-state index contributed by atoms with van der Waals surface area (Å²) in [5.74, 6) is 1.96. The number of amides is 1. The van der Waals surface area contributed by atoms with Gasteiger partial charge in [-0.1, -0.05) is 18.5 Å². The largest absolute Gasteiger partial charge is 0.354 e. The third-order valence-electron chi connectivity index (χ3n) is 5.88. The van der Waals surface area contributed by atoms with Crippen molar-refractivity contribution in [3.05, 3.63) is 35.2 Å². The second kappa shape index (κ2) is 5.46. The molecule has 0 bridgehead atoms. The van der Waals surface area contributed by atoms with E-state index in [1.165, 1.54) is 6.42 Å². The standard InChI is InChI=1S/C18H24N4O2/c1-4-15-14(7-9-21(15)3)16(23)22-10-13-6-5-8-18(13,11-22)17-19-12(2)20-24-17/h7,9,13H,4-6,8,10-11H2,1-3H3/t13-,18-/m0/s1. The Morgan fingerprint density at radius 2 is 2.33 bits per heavy atom. The van der Waals surface area contributed by atoms with Gasteiger partial charge in [0.15, 0.2) is 5.82 Å². The molecular formula is C18H24N4O2. The number of hydrogen-bond acceptors (Lipinski definition) is 4. The summed E-state index contributed by atoms with van der Waals surface area (Å²) in [5, 5.41) is 3.98. The van der Waals surface area contributed by atoms with Gasteiger partial charge < -0.3 is 14.0 Å². The van der Waals surface area contributed by atoms with E-state index >= 15 is 0 Å². The predicted molar refractivity (Wildman–Crippen MR) is 88.7 cm³/mol. The van der Waals surface area contributed by atoms with Crippen molar-refractivity contribution in [1.82, 2.24) is 19.6 Å². The Morgan fingerprint density at radius 3 is 3.04 bits per heavy atom. The quantitative estimate of drug-likeness (QED) is 0.868. The average molecular weight is 328 g/mol. The Bertz CT molecular complexity index is 778. The number of fused-ring (bicyclic) bond motifs is 1. The van der Waals surface area contributed by atoms with Gasteiger partial charge in [-0.15, -0.1) is 0 Å². The van der Waals surface area contributed by atoms with Crippen LogP contribution in [-0.2, 0) is 18.9 Å². The fraction of sp³-hybridized carbons (Fsp3) is 0.611. The lowest BCUT2D eigenvalue weighted by Crippen LogP contribution is -2.35. The van der Waals surface area contributed by atoms with Crippen molar-refractivity contribution in [1.29, 1.82) is 0 Å². The van der Waals surface area contributed by atoms with E-state index in [1.807, 2.05) is 35.7 Å². The predicted octanol–water partition coefficient (Wildman–Crippen LogP) is 2.47. The average Bonchev–Trinajstić information content (AvgIpc) is 3.28. The smallest absolute Gasteiger partial charge is 0.255 e. The molecule has 1 amide bonds. The van der Waals surface area contributed by atoms with Crippen LogP contribution >= 0.6 is 0 Å². The highest BCUT2D eigenvalue weighted by molar-refractivity contribution is 5.96. The minimum Gasteiger partial charge on any atom is -0.354 e. The minimum atomic E-state index is -0.141. The first kappa shape index (κ1) is 15.4. The van der Waals surface area contributed by atoms with Crippen molar-refractivity contribution < 1.29 is 9.32 Å². The van der Waals surface area contributed by atoms with E-state index in [4.69, 9.17) is 4.52 Å². The van der Waals surface area contributed by atoms with Crippen LogP contribution in [0.3, 0.4) is 0 Å². The summed E-state index contributed by atoms with van der Waals surface area (Å²) >= 11 is 0. The first-order valence-electron chi connectivity index (χ1n) is 8.79. The van der Waals surface area contributed by atoms with Gasteiger partial charge in [-0.25, -0.2) is 0 Å². The summed E-state index contributed by atoms with van der Waals surface area (Å²) in [6.45, 7) is 5.42. The van der Waals surface area contributed by atoms with Gasteiger partial charge in [0.05, 0.1) is 11.0 Å². The summed E-state index contributed by atoms with van der Waals surface area (Å²) < 4.78 is 7.58. The zero-order valence-electron chi connectivity index (χ0n) is 14.6. The third-order valence-corrected chi connectivity index (χ3v) is 5.88. The molecule has 0 unspecified atom stereocenters. The van der Waals surface area contributed by atoms with E-state index in [0.29, 0.717) is 18.3 Å². The van der Waals surface area contributed by atoms with Crippen molar-refractivity contribution in [2.24, 2.45) is 13.0 Å². The number of carbonyl (C=O) groups is 1. The highest BCUT2D eigenvalue weighted by atomic mass is 16.5. The van der Waals surface area contributed by atoms with Crippen molar-refractivity contribution in [3.8, 4) is 0 Å². The normalized spacial score (nSPS) is 26.1. The molecule has 0 N–H and O–H groups in total. The van der Waals surface area contributed by atoms with Crippen molar-refractivity contribution in [2.75, 3.05) is 13.1 Å². The molecule has 1 saturated carbocycles. The van der Waals surface area contributed by atoms with Crippen LogP contribution in [0.1, 0.15) is 54.0 Å². The van der Waals surface area contributed by atoms with Crippen molar-refractivity contribution in [2.45, 2.75) is 44.9 Å². The fourth-order valence-electron chi connectivity index (χ4n) is 4.66. The molecule has 2 aliphatic rings. The number of likely N-dealkylation sites (tertiary alicyclic amines) is 1. The molecule has 2 aromatic heterocycles. The molecule has 0 radical (unpaired) electrons. The zero-order valence-corrected chi connectivity index (χ0v) is 14.6. The van der Waals surface area contributed by atoms with E-state index in [-0.39, 0.29) is 11.3 Å². The van der Waals surface area contributed by atoms with Gasteiger partial charge in [-0.3, -0.25) is 4.79 Å². The Morgan fingerprint density at radius 1 is 1.50 bits per heavy atom. The second-order valence-corrected chi connectivity index (χ2v) is 7.22. The summed E-state index contributed by atoms with van der Waals surface area (Å²) in [7, 11) is 2.00. The van der Waals surface area contributed by atoms with Crippen LogP contribution in [0, 0.1) is 12.8 Å². The molecule has 6 heteroatoms. The topological polar surface area (TPSA) is 64.2 Å². The molecule has 3 heterocycles. The molecule has 24 heavy (non-hydrogen) atoms. The van der Waals surface area contributed by atoms with E-state index in [1.54, 1.807) is 0 Å². The van der Waals surface area contributed by atoms with Gasteiger partial charge in [-0.2, -0.15) is 4.98 Å². The molecule has 4 rings (SSSR count). The molecule has 2 atom stereocenters. The lowest BCUT2D eigenvalue weighted by Gasteiger charge is -2.24. The number of nitrogens with zero attached hydrogens (tertiary/aromatic N) is 4. The molecule has 0 spiro atoms. The van der Waals surface area contributed by atoms with E-state index in [9.17, 15) is 4.79 Å². The van der Waals surface area contributed by atoms with Crippen LogP contribution in [-0.4, -0.2) is 38.6 Å². The zero-order chi connectivity index (χ0) is 16.9. The highest BCUT2D eigenvalue weighted by Gasteiger charge is 2.55. The van der Waals surface area contributed by atoms with E-state index in [2.05, 4.69) is 17.1 Å². The maximum atomic E-state index is 13.1. The van der Waals surface area contributed by atoms with Gasteiger partial charge in [0.2, 0.25) is 5.89 Å².